The molecule has 0 spiro atoms. The Kier molecular flexibility index (Phi) is 5.84. The number of methoxy groups -OCH3 is 1. The highest BCUT2D eigenvalue weighted by molar-refractivity contribution is 5.26. The number of rotatable bonds is 5. The van der Waals surface area contributed by atoms with E-state index in [0.717, 1.165) is 29.6 Å². The summed E-state index contributed by atoms with van der Waals surface area (Å²) in [5, 5.41) is 3.66. The van der Waals surface area contributed by atoms with Crippen molar-refractivity contribution in [1.29, 1.82) is 0 Å². The Morgan fingerprint density at radius 2 is 1.95 bits per heavy atom. The van der Waals surface area contributed by atoms with Gasteiger partial charge in [0, 0.05) is 30.4 Å². The molecule has 0 saturated heterocycles. The summed E-state index contributed by atoms with van der Waals surface area (Å²) >= 11 is 0. The van der Waals surface area contributed by atoms with E-state index < -0.39 is 0 Å². The molecule has 1 saturated carbocycles. The number of nitrogens with one attached hydrogen (secondary N) is 1. The minimum atomic E-state index is 0.571. The van der Waals surface area contributed by atoms with E-state index in [4.69, 9.17) is 4.74 Å². The average molecular weight is 276 g/mol. The summed E-state index contributed by atoms with van der Waals surface area (Å²) in [6.07, 6.45) is 8.37. The molecule has 0 amide bonds. The molecule has 3 nitrogen and oxygen atoms in total. The number of pyridine rings is 1. The Morgan fingerprint density at radius 3 is 2.60 bits per heavy atom. The Morgan fingerprint density at radius 1 is 1.25 bits per heavy atom. The first-order valence-electron chi connectivity index (χ1n) is 7.94. The summed E-state index contributed by atoms with van der Waals surface area (Å²) in [7, 11) is 1.71. The van der Waals surface area contributed by atoms with Crippen LogP contribution >= 0.6 is 0 Å². The van der Waals surface area contributed by atoms with E-state index in [9.17, 15) is 0 Å². The van der Waals surface area contributed by atoms with Crippen molar-refractivity contribution < 1.29 is 4.74 Å². The molecule has 0 bridgehead atoms. The molecule has 112 valence electrons. The summed E-state index contributed by atoms with van der Waals surface area (Å²) in [4.78, 5) is 4.57. The quantitative estimate of drug-likeness (QED) is 0.830. The van der Waals surface area contributed by atoms with E-state index in [2.05, 4.69) is 17.2 Å². The smallest absolute Gasteiger partial charge is 0.122 e. The highest BCUT2D eigenvalue weighted by Gasteiger charge is 2.18. The predicted octanol–water partition coefficient (Wildman–Crippen LogP) is 3.85. The van der Waals surface area contributed by atoms with Crippen molar-refractivity contribution in [1.82, 2.24) is 10.3 Å². The Bertz CT molecular complexity index is 411. The molecule has 1 N–H and O–H groups in total. The zero-order valence-corrected chi connectivity index (χ0v) is 13.1. The van der Waals surface area contributed by atoms with Gasteiger partial charge in [-0.15, -0.1) is 0 Å². The second-order valence-corrected chi connectivity index (χ2v) is 6.06. The fourth-order valence-electron chi connectivity index (χ4n) is 3.15. The first kappa shape index (κ1) is 15.3. The maximum Gasteiger partial charge on any atom is 0.122 e. The highest BCUT2D eigenvalue weighted by atomic mass is 16.5. The molecule has 2 rings (SSSR count). The molecule has 3 heteroatoms. The fraction of sp³-hybridized carbons (Fsp3) is 0.706. The number of hydrogen-bond donors (Lipinski definition) is 1. The van der Waals surface area contributed by atoms with Crippen LogP contribution < -0.4 is 10.1 Å². The zero-order valence-electron chi connectivity index (χ0n) is 13.1. The van der Waals surface area contributed by atoms with E-state index in [0.29, 0.717) is 6.04 Å². The standard InChI is InChI=1S/C17H28N2O/c1-13-10-17(20-3)11-16(19-13)12-18-14(2)15-8-6-4-5-7-9-15/h10-11,14-15,18H,4-9,12H2,1-3H3/t14-/m1/s1. The van der Waals surface area contributed by atoms with Crippen LogP contribution in [-0.4, -0.2) is 18.1 Å². The van der Waals surface area contributed by atoms with Gasteiger partial charge in [-0.2, -0.15) is 0 Å². The predicted molar refractivity (Wildman–Crippen MR) is 83.0 cm³/mol. The number of hydrogen-bond acceptors (Lipinski definition) is 3. The van der Waals surface area contributed by atoms with Crippen LogP contribution in [0.3, 0.4) is 0 Å². The lowest BCUT2D eigenvalue weighted by Gasteiger charge is -2.23. The normalized spacial score (nSPS) is 18.6. The maximum atomic E-state index is 5.31. The van der Waals surface area contributed by atoms with Gasteiger partial charge in [0.2, 0.25) is 0 Å². The minimum absolute atomic E-state index is 0.571. The lowest BCUT2D eigenvalue weighted by molar-refractivity contribution is 0.335. The Hall–Kier alpha value is -1.09. The van der Waals surface area contributed by atoms with Crippen molar-refractivity contribution in [2.24, 2.45) is 5.92 Å². The maximum absolute atomic E-state index is 5.31. The van der Waals surface area contributed by atoms with Crippen molar-refractivity contribution in [3.05, 3.63) is 23.5 Å². The molecular formula is C17H28N2O. The van der Waals surface area contributed by atoms with Crippen molar-refractivity contribution >= 4 is 0 Å². The van der Waals surface area contributed by atoms with E-state index >= 15 is 0 Å². The molecule has 0 aromatic carbocycles. The molecule has 1 aromatic heterocycles. The summed E-state index contributed by atoms with van der Waals surface area (Å²) in [5.74, 6) is 1.72. The van der Waals surface area contributed by atoms with E-state index in [1.807, 2.05) is 19.1 Å². The van der Waals surface area contributed by atoms with E-state index in [1.54, 1.807) is 7.11 Å². The summed E-state index contributed by atoms with van der Waals surface area (Å²) in [6, 6.07) is 4.57. The molecule has 0 aliphatic heterocycles. The van der Waals surface area contributed by atoms with Crippen LogP contribution in [0, 0.1) is 12.8 Å². The molecule has 1 aliphatic carbocycles. The topological polar surface area (TPSA) is 34.1 Å². The number of aryl methyl sites for hydroxylation is 1. The third-order valence-electron chi connectivity index (χ3n) is 4.43. The third-order valence-corrected chi connectivity index (χ3v) is 4.43. The average Bonchev–Trinajstić information content (AvgIpc) is 2.73. The molecule has 1 atom stereocenters. The Balaban J connectivity index is 1.88. The molecular weight excluding hydrogens is 248 g/mol. The highest BCUT2D eigenvalue weighted by Crippen LogP contribution is 2.25. The van der Waals surface area contributed by atoms with Gasteiger partial charge in [0.25, 0.3) is 0 Å². The number of aromatic nitrogens is 1. The summed E-state index contributed by atoms with van der Waals surface area (Å²) in [6.45, 7) is 5.17. The van der Waals surface area contributed by atoms with Crippen LogP contribution in [-0.2, 0) is 6.54 Å². The molecule has 0 unspecified atom stereocenters. The van der Waals surface area contributed by atoms with Gasteiger partial charge in [-0.1, -0.05) is 25.7 Å². The second kappa shape index (κ2) is 7.63. The van der Waals surface area contributed by atoms with E-state index in [-0.39, 0.29) is 0 Å². The van der Waals surface area contributed by atoms with Gasteiger partial charge in [-0.25, -0.2) is 0 Å². The minimum Gasteiger partial charge on any atom is -0.497 e. The number of ether oxygens (including phenoxy) is 1. The first-order chi connectivity index (χ1) is 9.69. The van der Waals surface area contributed by atoms with Crippen LogP contribution in [0.25, 0.3) is 0 Å². The first-order valence-corrected chi connectivity index (χ1v) is 7.94. The second-order valence-electron chi connectivity index (χ2n) is 6.06. The third kappa shape index (κ3) is 4.48. The van der Waals surface area contributed by atoms with Crippen LogP contribution in [0.5, 0.6) is 5.75 Å². The van der Waals surface area contributed by atoms with Gasteiger partial charge in [-0.3, -0.25) is 4.98 Å². The van der Waals surface area contributed by atoms with Gasteiger partial charge in [0.05, 0.1) is 12.8 Å². The van der Waals surface area contributed by atoms with Gasteiger partial charge >= 0.3 is 0 Å². The monoisotopic (exact) mass is 276 g/mol. The fourth-order valence-corrected chi connectivity index (χ4v) is 3.15. The van der Waals surface area contributed by atoms with Gasteiger partial charge in [0.15, 0.2) is 0 Å². The van der Waals surface area contributed by atoms with Gasteiger partial charge < -0.3 is 10.1 Å². The van der Waals surface area contributed by atoms with Crippen molar-refractivity contribution in [2.75, 3.05) is 7.11 Å². The zero-order chi connectivity index (χ0) is 14.4. The Labute approximate surface area is 123 Å². The van der Waals surface area contributed by atoms with Crippen LogP contribution in [0.15, 0.2) is 12.1 Å². The molecule has 1 fully saturated rings. The summed E-state index contributed by atoms with van der Waals surface area (Å²) in [5.41, 5.74) is 2.09. The lowest BCUT2D eigenvalue weighted by Crippen LogP contribution is -2.33. The van der Waals surface area contributed by atoms with Crippen molar-refractivity contribution in [3.63, 3.8) is 0 Å². The van der Waals surface area contributed by atoms with Crippen molar-refractivity contribution in [2.45, 2.75) is 65.0 Å². The van der Waals surface area contributed by atoms with Gasteiger partial charge in [-0.05, 0) is 32.6 Å². The molecule has 1 heterocycles. The molecule has 1 aliphatic rings. The van der Waals surface area contributed by atoms with Crippen LogP contribution in [0.1, 0.15) is 56.8 Å². The van der Waals surface area contributed by atoms with Crippen molar-refractivity contribution in [3.8, 4) is 5.75 Å². The molecule has 20 heavy (non-hydrogen) atoms. The SMILES string of the molecule is COc1cc(C)nc(CN[C@H](C)C2CCCCCC2)c1. The molecule has 1 aromatic rings. The van der Waals surface area contributed by atoms with Gasteiger partial charge in [0.1, 0.15) is 5.75 Å². The largest absolute Gasteiger partial charge is 0.497 e. The van der Waals surface area contributed by atoms with Crippen LogP contribution in [0.4, 0.5) is 0 Å². The number of nitrogens with zero attached hydrogens (tertiary/aromatic N) is 1. The lowest BCUT2D eigenvalue weighted by atomic mass is 9.93. The molecule has 0 radical (unpaired) electrons. The summed E-state index contributed by atoms with van der Waals surface area (Å²) < 4.78 is 5.31. The van der Waals surface area contributed by atoms with Crippen LogP contribution in [0.2, 0.25) is 0 Å². The van der Waals surface area contributed by atoms with E-state index in [1.165, 1.54) is 38.5 Å².